The number of hydrogen-bond donors (Lipinski definition) is 2. The largest absolute Gasteiger partial charge is 0.340 e. The van der Waals surface area contributed by atoms with E-state index < -0.39 is 0 Å². The normalized spacial score (nSPS) is 15.3. The number of nitrogens with one attached hydrogen (secondary N) is 2. The van der Waals surface area contributed by atoms with Crippen molar-refractivity contribution in [3.8, 4) is 22.6 Å². The van der Waals surface area contributed by atoms with Crippen LogP contribution in [0.15, 0.2) is 55.0 Å². The van der Waals surface area contributed by atoms with Gasteiger partial charge in [0.05, 0.1) is 11.1 Å². The van der Waals surface area contributed by atoms with Crippen LogP contribution in [-0.4, -0.2) is 67.1 Å². The number of rotatable bonds is 7. The first-order valence-corrected chi connectivity index (χ1v) is 13.8. The minimum atomic E-state index is -0.236. The van der Waals surface area contributed by atoms with Gasteiger partial charge in [-0.05, 0) is 93.5 Å². The second-order valence-corrected chi connectivity index (χ2v) is 11.1. The van der Waals surface area contributed by atoms with E-state index in [2.05, 4.69) is 54.3 Å². The summed E-state index contributed by atoms with van der Waals surface area (Å²) in [5.74, 6) is 0.466. The van der Waals surface area contributed by atoms with Gasteiger partial charge in [-0.2, -0.15) is 5.10 Å². The number of benzene rings is 1. The zero-order valence-corrected chi connectivity index (χ0v) is 22.7. The first-order chi connectivity index (χ1) is 19.5. The number of aromatic amines is 2. The summed E-state index contributed by atoms with van der Waals surface area (Å²) in [5, 5.41) is 8.49. The molecule has 0 bridgehead atoms. The Balaban J connectivity index is 1.23. The van der Waals surface area contributed by atoms with Gasteiger partial charge in [0.25, 0.3) is 0 Å². The molecule has 5 heterocycles. The van der Waals surface area contributed by atoms with Crippen LogP contribution in [0, 0.1) is 5.82 Å². The maximum Gasteiger partial charge on any atom is 0.181 e. The van der Waals surface area contributed by atoms with E-state index in [1.165, 1.54) is 12.0 Å². The fourth-order valence-corrected chi connectivity index (χ4v) is 5.67. The van der Waals surface area contributed by atoms with E-state index >= 15 is 0 Å². The molecule has 0 spiro atoms. The molecule has 0 saturated carbocycles. The molecular weight excluding hydrogens is 503 g/mol. The van der Waals surface area contributed by atoms with Crippen LogP contribution in [0.2, 0.25) is 0 Å². The molecule has 0 amide bonds. The van der Waals surface area contributed by atoms with Gasteiger partial charge in [-0.15, -0.1) is 0 Å². The number of fused-ring (bicyclic) bond motifs is 2. The monoisotopic (exact) mass is 534 g/mol. The summed E-state index contributed by atoms with van der Waals surface area (Å²) in [6.45, 7) is 3.89. The third kappa shape index (κ3) is 4.71. The first-order valence-electron chi connectivity index (χ1n) is 13.8. The summed E-state index contributed by atoms with van der Waals surface area (Å²) in [6, 6.07) is 9.55. The Bertz CT molecular complexity index is 1740. The fraction of sp³-hybridized carbons (Fsp3) is 0.290. The van der Waals surface area contributed by atoms with Crippen LogP contribution in [0.3, 0.4) is 0 Å². The number of hydrogen-bond acceptors (Lipinski definition) is 6. The van der Waals surface area contributed by atoms with Crippen molar-refractivity contribution in [3.63, 3.8) is 0 Å². The molecule has 1 aliphatic heterocycles. The van der Waals surface area contributed by atoms with E-state index in [1.54, 1.807) is 12.1 Å². The molecule has 9 heteroatoms. The second-order valence-electron chi connectivity index (χ2n) is 11.1. The van der Waals surface area contributed by atoms with E-state index in [0.29, 0.717) is 18.0 Å². The molecule has 0 unspecified atom stereocenters. The number of imidazole rings is 1. The number of allylic oxidation sites excluding steroid dienone is 1. The van der Waals surface area contributed by atoms with Gasteiger partial charge >= 0.3 is 0 Å². The van der Waals surface area contributed by atoms with Crippen LogP contribution < -0.4 is 0 Å². The Hall–Kier alpha value is -4.21. The predicted octanol–water partition coefficient (Wildman–Crippen LogP) is 5.19. The number of nitrogens with zero attached hydrogens (tertiary/aromatic N) is 6. The third-order valence-electron chi connectivity index (χ3n) is 7.67. The quantitative estimate of drug-likeness (QED) is 0.299. The van der Waals surface area contributed by atoms with Crippen molar-refractivity contribution < 1.29 is 4.39 Å². The molecule has 1 aliphatic carbocycles. The predicted molar refractivity (Wildman–Crippen MR) is 154 cm³/mol. The lowest BCUT2D eigenvalue weighted by Gasteiger charge is -2.30. The molecule has 202 valence electrons. The lowest BCUT2D eigenvalue weighted by atomic mass is 9.93. The summed E-state index contributed by atoms with van der Waals surface area (Å²) in [5.41, 5.74) is 9.27. The minimum Gasteiger partial charge on any atom is -0.340 e. The molecule has 7 rings (SSSR count). The highest BCUT2D eigenvalue weighted by Gasteiger charge is 2.23. The number of halogens is 1. The van der Waals surface area contributed by atoms with E-state index in [1.807, 2.05) is 37.6 Å². The van der Waals surface area contributed by atoms with Gasteiger partial charge in [0, 0.05) is 54.1 Å². The van der Waals surface area contributed by atoms with Gasteiger partial charge in [-0.3, -0.25) is 15.0 Å². The molecule has 40 heavy (non-hydrogen) atoms. The SMILES string of the molecule is CN(C)Cc1cc(F)cc(C2=CCCc3[nH]c(-c4[nH]nc5ncc(-c6cncc(CN7CCC7)c6)cc45)nc32)c1. The molecule has 1 aromatic carbocycles. The Morgan fingerprint density at radius 2 is 1.82 bits per heavy atom. The van der Waals surface area contributed by atoms with Crippen LogP contribution in [0.1, 0.15) is 40.9 Å². The van der Waals surface area contributed by atoms with E-state index in [9.17, 15) is 4.39 Å². The minimum absolute atomic E-state index is 0.236. The smallest absolute Gasteiger partial charge is 0.181 e. The van der Waals surface area contributed by atoms with Crippen LogP contribution in [0.5, 0.6) is 0 Å². The molecule has 5 aromatic rings. The number of H-pyrrole nitrogens is 2. The summed E-state index contributed by atoms with van der Waals surface area (Å²) >= 11 is 0. The lowest BCUT2D eigenvalue weighted by Crippen LogP contribution is -2.36. The Labute approximate surface area is 232 Å². The molecule has 0 radical (unpaired) electrons. The second kappa shape index (κ2) is 10.1. The van der Waals surface area contributed by atoms with Crippen molar-refractivity contribution >= 4 is 16.6 Å². The average molecular weight is 535 g/mol. The third-order valence-corrected chi connectivity index (χ3v) is 7.67. The van der Waals surface area contributed by atoms with Crippen LogP contribution in [-0.2, 0) is 19.5 Å². The van der Waals surface area contributed by atoms with Gasteiger partial charge in [0.2, 0.25) is 0 Å². The summed E-state index contributed by atoms with van der Waals surface area (Å²) in [6.07, 6.45) is 10.8. The Kier molecular flexibility index (Phi) is 6.25. The zero-order valence-electron chi connectivity index (χ0n) is 22.7. The van der Waals surface area contributed by atoms with Crippen LogP contribution >= 0.6 is 0 Å². The molecule has 1 fully saturated rings. The van der Waals surface area contributed by atoms with Crippen LogP contribution in [0.4, 0.5) is 4.39 Å². The van der Waals surface area contributed by atoms with Crippen molar-refractivity contribution in [1.82, 2.24) is 39.9 Å². The van der Waals surface area contributed by atoms with E-state index in [-0.39, 0.29) is 5.82 Å². The molecule has 4 aromatic heterocycles. The topological polar surface area (TPSA) is 89.6 Å². The first kappa shape index (κ1) is 24.8. The lowest BCUT2D eigenvalue weighted by molar-refractivity contribution is 0.172. The van der Waals surface area contributed by atoms with Crippen molar-refractivity contribution in [3.05, 3.63) is 88.9 Å². The average Bonchev–Trinajstić information content (AvgIpc) is 3.54. The van der Waals surface area contributed by atoms with E-state index in [4.69, 9.17) is 4.98 Å². The van der Waals surface area contributed by atoms with Gasteiger partial charge in [-0.1, -0.05) is 6.08 Å². The van der Waals surface area contributed by atoms with Crippen molar-refractivity contribution in [1.29, 1.82) is 0 Å². The number of aromatic nitrogens is 6. The standard InChI is InChI=1S/C31H31FN8/c1-39(2)17-19-9-21(12-24(32)11-19)25-5-3-6-27-28(25)36-31(35-27)29-26-13-23(16-34-30(26)38-37-29)22-10-20(14-33-15-22)18-40-7-4-8-40/h5,9-16H,3-4,6-8,17-18H2,1-2H3,(H,35,36)(H,34,37,38). The highest BCUT2D eigenvalue weighted by Crippen LogP contribution is 2.35. The summed E-state index contributed by atoms with van der Waals surface area (Å²) < 4.78 is 14.6. The van der Waals surface area contributed by atoms with E-state index in [0.717, 1.165) is 82.8 Å². The maximum atomic E-state index is 14.6. The number of pyridine rings is 2. The van der Waals surface area contributed by atoms with Gasteiger partial charge in [0.1, 0.15) is 11.5 Å². The van der Waals surface area contributed by atoms with Crippen LogP contribution in [0.25, 0.3) is 39.3 Å². The zero-order chi connectivity index (χ0) is 27.2. The maximum absolute atomic E-state index is 14.6. The Morgan fingerprint density at radius 3 is 2.65 bits per heavy atom. The highest BCUT2D eigenvalue weighted by atomic mass is 19.1. The van der Waals surface area contributed by atoms with Crippen molar-refractivity contribution in [2.24, 2.45) is 0 Å². The number of aryl methyl sites for hydroxylation is 1. The van der Waals surface area contributed by atoms with Gasteiger partial charge in [0.15, 0.2) is 11.5 Å². The highest BCUT2D eigenvalue weighted by molar-refractivity contribution is 5.92. The molecule has 2 N–H and O–H groups in total. The Morgan fingerprint density at radius 1 is 0.975 bits per heavy atom. The summed E-state index contributed by atoms with van der Waals surface area (Å²) in [7, 11) is 3.97. The number of likely N-dealkylation sites (tertiary alicyclic amines) is 1. The molecule has 1 saturated heterocycles. The molecular formula is C31H31FN8. The molecule has 0 atom stereocenters. The van der Waals surface area contributed by atoms with Crippen molar-refractivity contribution in [2.45, 2.75) is 32.4 Å². The van der Waals surface area contributed by atoms with Gasteiger partial charge in [-0.25, -0.2) is 14.4 Å². The molecule has 8 nitrogen and oxygen atoms in total. The molecule has 2 aliphatic rings. The fourth-order valence-electron chi connectivity index (χ4n) is 5.67. The van der Waals surface area contributed by atoms with Gasteiger partial charge < -0.3 is 9.88 Å². The van der Waals surface area contributed by atoms with Crippen molar-refractivity contribution in [2.75, 3.05) is 27.2 Å². The summed E-state index contributed by atoms with van der Waals surface area (Å²) in [4.78, 5) is 22.1.